The summed E-state index contributed by atoms with van der Waals surface area (Å²) in [6.45, 7) is 7.20. The Morgan fingerprint density at radius 3 is 2.56 bits per heavy atom. The molecular weight excluding hydrogens is 450 g/mol. The number of ether oxygens (including phenoxy) is 3. The first-order valence-electron chi connectivity index (χ1n) is 11.9. The van der Waals surface area contributed by atoms with Gasteiger partial charge in [0.25, 0.3) is 0 Å². The van der Waals surface area contributed by atoms with Gasteiger partial charge in [0.2, 0.25) is 0 Å². The quantitative estimate of drug-likeness (QED) is 0.234. The SMILES string of the molecule is CCCCC1(CC)CN(c2ccccc2)c2cc(OC)c(O/C=C/C(=O)OCC)cc2S(=O)C1. The van der Waals surface area contributed by atoms with E-state index in [-0.39, 0.29) is 12.0 Å². The lowest BCUT2D eigenvalue weighted by molar-refractivity contribution is -0.137. The normalized spacial score (nSPS) is 20.0. The lowest BCUT2D eigenvalue weighted by Gasteiger charge is -2.36. The van der Waals surface area contributed by atoms with Crippen LogP contribution in [0.4, 0.5) is 11.4 Å². The zero-order chi connectivity index (χ0) is 24.6. The Labute approximate surface area is 205 Å². The van der Waals surface area contributed by atoms with Gasteiger partial charge in [0, 0.05) is 30.1 Å². The molecule has 6 nitrogen and oxygen atoms in total. The highest BCUT2D eigenvalue weighted by Crippen LogP contribution is 2.46. The van der Waals surface area contributed by atoms with Crippen LogP contribution in [0.2, 0.25) is 0 Å². The van der Waals surface area contributed by atoms with E-state index in [9.17, 15) is 9.00 Å². The number of benzene rings is 2. The number of para-hydroxylation sites is 1. The van der Waals surface area contributed by atoms with Gasteiger partial charge in [-0.2, -0.15) is 0 Å². The zero-order valence-electron chi connectivity index (χ0n) is 20.5. The van der Waals surface area contributed by atoms with Gasteiger partial charge in [0.1, 0.15) is 0 Å². The average molecular weight is 486 g/mol. The van der Waals surface area contributed by atoms with Crippen LogP contribution in [0.1, 0.15) is 46.5 Å². The van der Waals surface area contributed by atoms with Crippen molar-refractivity contribution in [3.8, 4) is 11.5 Å². The molecule has 184 valence electrons. The van der Waals surface area contributed by atoms with Gasteiger partial charge in [0.15, 0.2) is 11.5 Å². The van der Waals surface area contributed by atoms with Crippen LogP contribution in [0.15, 0.2) is 59.7 Å². The van der Waals surface area contributed by atoms with E-state index in [1.165, 1.54) is 12.3 Å². The zero-order valence-corrected chi connectivity index (χ0v) is 21.4. The van der Waals surface area contributed by atoms with Crippen molar-refractivity contribution >= 4 is 28.1 Å². The largest absolute Gasteiger partial charge is 0.493 e. The van der Waals surface area contributed by atoms with Crippen molar-refractivity contribution in [1.82, 2.24) is 0 Å². The molecule has 2 aromatic rings. The highest BCUT2D eigenvalue weighted by molar-refractivity contribution is 7.85. The maximum atomic E-state index is 13.7. The molecule has 2 aromatic carbocycles. The van der Waals surface area contributed by atoms with Crippen molar-refractivity contribution in [3.63, 3.8) is 0 Å². The Morgan fingerprint density at radius 2 is 1.91 bits per heavy atom. The second kappa shape index (κ2) is 12.1. The van der Waals surface area contributed by atoms with Gasteiger partial charge in [-0.1, -0.05) is 44.9 Å². The first kappa shape index (κ1) is 25.8. The number of fused-ring (bicyclic) bond motifs is 1. The minimum absolute atomic E-state index is 0.0756. The standard InChI is InChI=1S/C27H35NO5S/c1-5-8-15-27(6-2)19-28(21-12-10-9-11-13-21)22-17-23(31-4)24(18-25(22)34(30)20-27)33-16-14-26(29)32-7-3/h9-14,16-18H,5-8,15,19-20H2,1-4H3/b16-14+. The molecule has 34 heavy (non-hydrogen) atoms. The lowest BCUT2D eigenvalue weighted by Crippen LogP contribution is -2.37. The topological polar surface area (TPSA) is 65.1 Å². The predicted molar refractivity (Wildman–Crippen MR) is 136 cm³/mol. The average Bonchev–Trinajstić information content (AvgIpc) is 2.97. The molecule has 0 saturated carbocycles. The van der Waals surface area contributed by atoms with E-state index in [0.29, 0.717) is 22.1 Å². The van der Waals surface area contributed by atoms with Crippen LogP contribution in [0.5, 0.6) is 11.5 Å². The first-order chi connectivity index (χ1) is 16.5. The fourth-order valence-corrected chi connectivity index (χ4v) is 6.08. The molecule has 0 radical (unpaired) electrons. The second-order valence-corrected chi connectivity index (χ2v) is 9.93. The number of hydrogen-bond acceptors (Lipinski definition) is 6. The van der Waals surface area contributed by atoms with Crippen LogP contribution < -0.4 is 14.4 Å². The van der Waals surface area contributed by atoms with Crippen LogP contribution in [0, 0.1) is 5.41 Å². The summed E-state index contributed by atoms with van der Waals surface area (Å²) in [7, 11) is 0.341. The first-order valence-corrected chi connectivity index (χ1v) is 13.2. The minimum atomic E-state index is -1.23. The predicted octanol–water partition coefficient (Wildman–Crippen LogP) is 6.00. The number of anilines is 2. The third-order valence-corrected chi connectivity index (χ3v) is 7.97. The lowest BCUT2D eigenvalue weighted by atomic mass is 9.81. The van der Waals surface area contributed by atoms with Crippen molar-refractivity contribution in [2.45, 2.75) is 51.3 Å². The van der Waals surface area contributed by atoms with E-state index in [0.717, 1.165) is 43.6 Å². The molecule has 2 atom stereocenters. The molecule has 3 rings (SSSR count). The van der Waals surface area contributed by atoms with Gasteiger partial charge in [-0.05, 0) is 37.3 Å². The molecule has 0 fully saturated rings. The van der Waals surface area contributed by atoms with Gasteiger partial charge in [-0.3, -0.25) is 4.21 Å². The number of methoxy groups -OCH3 is 1. The molecule has 0 spiro atoms. The molecule has 7 heteroatoms. The maximum Gasteiger partial charge on any atom is 0.333 e. The van der Waals surface area contributed by atoms with Crippen LogP contribution in [0.25, 0.3) is 0 Å². The molecule has 0 amide bonds. The molecule has 1 aliphatic rings. The maximum absolute atomic E-state index is 13.7. The van der Waals surface area contributed by atoms with E-state index < -0.39 is 16.8 Å². The van der Waals surface area contributed by atoms with E-state index in [1.807, 2.05) is 24.3 Å². The number of carbonyl (C=O) groups excluding carboxylic acids is 1. The third kappa shape index (κ3) is 6.00. The summed E-state index contributed by atoms with van der Waals surface area (Å²) in [5.74, 6) is 1.01. The highest BCUT2D eigenvalue weighted by Gasteiger charge is 2.38. The van der Waals surface area contributed by atoms with Gasteiger partial charge in [-0.25, -0.2) is 4.79 Å². The van der Waals surface area contributed by atoms with E-state index in [1.54, 1.807) is 20.1 Å². The number of esters is 1. The van der Waals surface area contributed by atoms with Gasteiger partial charge < -0.3 is 19.1 Å². The molecule has 2 unspecified atom stereocenters. The summed E-state index contributed by atoms with van der Waals surface area (Å²) in [6, 6.07) is 13.9. The smallest absolute Gasteiger partial charge is 0.333 e. The summed E-state index contributed by atoms with van der Waals surface area (Å²) in [4.78, 5) is 14.6. The van der Waals surface area contributed by atoms with Gasteiger partial charge in [0.05, 0.1) is 47.4 Å². The third-order valence-electron chi connectivity index (χ3n) is 6.28. The minimum Gasteiger partial charge on any atom is -0.493 e. The van der Waals surface area contributed by atoms with E-state index in [4.69, 9.17) is 14.2 Å². The summed E-state index contributed by atoms with van der Waals surface area (Å²) >= 11 is 0. The Bertz CT molecular complexity index is 1020. The molecule has 0 aromatic heterocycles. The second-order valence-electron chi connectivity index (χ2n) is 8.51. The summed E-state index contributed by atoms with van der Waals surface area (Å²) in [5.41, 5.74) is 1.83. The van der Waals surface area contributed by atoms with Gasteiger partial charge >= 0.3 is 5.97 Å². The van der Waals surface area contributed by atoms with E-state index >= 15 is 0 Å². The van der Waals surface area contributed by atoms with Crippen molar-refractivity contribution in [2.75, 3.05) is 30.9 Å². The van der Waals surface area contributed by atoms with Crippen LogP contribution in [0.3, 0.4) is 0 Å². The van der Waals surface area contributed by atoms with Crippen molar-refractivity contribution in [3.05, 3.63) is 54.8 Å². The molecule has 0 saturated heterocycles. The number of nitrogens with zero attached hydrogens (tertiary/aromatic N) is 1. The Balaban J connectivity index is 2.08. The Hall–Kier alpha value is -2.80. The van der Waals surface area contributed by atoms with Crippen molar-refractivity contribution < 1.29 is 23.2 Å². The monoisotopic (exact) mass is 485 g/mol. The highest BCUT2D eigenvalue weighted by atomic mass is 32.2. The van der Waals surface area contributed by atoms with Crippen molar-refractivity contribution in [2.24, 2.45) is 5.41 Å². The summed E-state index contributed by atoms with van der Waals surface area (Å²) < 4.78 is 30.0. The molecule has 0 bridgehead atoms. The van der Waals surface area contributed by atoms with Crippen molar-refractivity contribution in [1.29, 1.82) is 0 Å². The molecular formula is C27H35NO5S. The number of unbranched alkanes of at least 4 members (excludes halogenated alkanes) is 1. The van der Waals surface area contributed by atoms with Crippen LogP contribution in [-0.2, 0) is 20.3 Å². The molecule has 1 heterocycles. The van der Waals surface area contributed by atoms with Crippen LogP contribution in [-0.4, -0.2) is 36.2 Å². The number of carbonyl (C=O) groups is 1. The van der Waals surface area contributed by atoms with E-state index in [2.05, 4.69) is 30.9 Å². The number of hydrogen-bond donors (Lipinski definition) is 0. The Morgan fingerprint density at radius 1 is 1.15 bits per heavy atom. The molecule has 0 aliphatic carbocycles. The molecule has 0 N–H and O–H groups in total. The molecule has 1 aliphatic heterocycles. The Kier molecular flexibility index (Phi) is 9.16. The fourth-order valence-electron chi connectivity index (χ4n) is 4.28. The number of rotatable bonds is 10. The fraction of sp³-hybridized carbons (Fsp3) is 0.444. The van der Waals surface area contributed by atoms with Gasteiger partial charge in [-0.15, -0.1) is 0 Å². The summed E-state index contributed by atoms with van der Waals surface area (Å²) in [6.07, 6.45) is 6.65. The van der Waals surface area contributed by atoms with Crippen LogP contribution >= 0.6 is 0 Å². The summed E-state index contributed by atoms with van der Waals surface area (Å²) in [5, 5.41) is 0.